The fourth-order valence-corrected chi connectivity index (χ4v) is 10.0. The molecule has 4 aromatic rings. The van der Waals surface area contributed by atoms with Crippen LogP contribution in [0, 0.1) is 5.82 Å². The van der Waals surface area contributed by atoms with E-state index in [9.17, 15) is 50.4 Å². The third-order valence-corrected chi connectivity index (χ3v) is 14.3. The van der Waals surface area contributed by atoms with Crippen molar-refractivity contribution in [3.05, 3.63) is 87.2 Å². The van der Waals surface area contributed by atoms with Gasteiger partial charge in [-0.25, -0.2) is 13.9 Å². The van der Waals surface area contributed by atoms with Crippen LogP contribution in [-0.2, 0) is 38.6 Å². The van der Waals surface area contributed by atoms with Crippen LogP contribution in [0.1, 0.15) is 52.5 Å². The first-order valence-electron chi connectivity index (χ1n) is 23.8. The van der Waals surface area contributed by atoms with Crippen molar-refractivity contribution in [3.8, 4) is 0 Å². The number of hydrogen-bond donors (Lipinski definition) is 12. The van der Waals surface area contributed by atoms with E-state index in [2.05, 4.69) is 20.5 Å². The number of aliphatic hydroxyl groups excluding tert-OH is 7. The number of fused-ring (bicyclic) bond motifs is 1. The normalized spacial score (nSPS) is 34.0. The van der Waals surface area contributed by atoms with Crippen molar-refractivity contribution in [2.75, 3.05) is 44.2 Å². The van der Waals surface area contributed by atoms with E-state index >= 15 is 4.39 Å². The fourth-order valence-electron chi connectivity index (χ4n) is 10.0. The van der Waals surface area contributed by atoms with Gasteiger partial charge in [-0.15, -0.1) is 5.10 Å². The van der Waals surface area contributed by atoms with Crippen LogP contribution in [0.25, 0.3) is 10.9 Å². The van der Waals surface area contributed by atoms with Crippen LogP contribution in [0.3, 0.4) is 0 Å². The largest absolute Gasteiger partial charge is 0.477 e. The Morgan fingerprint density at radius 1 is 0.831 bits per heavy atom. The van der Waals surface area contributed by atoms with Gasteiger partial charge in [0.15, 0.2) is 12.6 Å². The van der Waals surface area contributed by atoms with Crippen molar-refractivity contribution in [2.24, 2.45) is 17.2 Å². The molecule has 0 amide bonds. The number of carboxylic acid groups (broad SMARTS) is 1. The molecule has 0 spiro atoms. The first-order valence-corrected chi connectivity index (χ1v) is 23.8. The average Bonchev–Trinajstić information content (AvgIpc) is 4.11. The van der Waals surface area contributed by atoms with E-state index in [1.54, 1.807) is 21.5 Å². The zero-order valence-corrected chi connectivity index (χ0v) is 38.7. The molecule has 0 radical (unpaired) electrons. The molecule has 0 unspecified atom stereocenters. The monoisotopic (exact) mass is 998 g/mol. The third kappa shape index (κ3) is 10.7. The Bertz CT molecular complexity index is 2540. The third-order valence-electron chi connectivity index (χ3n) is 14.3. The van der Waals surface area contributed by atoms with E-state index in [1.165, 1.54) is 12.3 Å². The Labute approximate surface area is 405 Å². The second-order valence-electron chi connectivity index (χ2n) is 19.2. The Balaban J connectivity index is 0.807. The Morgan fingerprint density at radius 2 is 1.49 bits per heavy atom. The Hall–Kier alpha value is -4.65. The molecular weight excluding hydrogens is 936 g/mol. The number of pyridine rings is 1. The molecule has 3 saturated heterocycles. The van der Waals surface area contributed by atoms with Crippen LogP contribution in [0.5, 0.6) is 0 Å². The lowest BCUT2D eigenvalue weighted by Crippen LogP contribution is -2.69. The average molecular weight is 999 g/mol. The van der Waals surface area contributed by atoms with Crippen molar-refractivity contribution >= 4 is 22.6 Å². The molecule has 5 heterocycles. The molecule has 15 atom stereocenters. The summed E-state index contributed by atoms with van der Waals surface area (Å²) in [6.07, 6.45) is -12.6. The zero-order chi connectivity index (χ0) is 50.4. The molecule has 3 aliphatic heterocycles. The molecule has 0 bridgehead atoms. The summed E-state index contributed by atoms with van der Waals surface area (Å²) >= 11 is 0. The quantitative estimate of drug-likeness (QED) is 0.0509. The van der Waals surface area contributed by atoms with Crippen LogP contribution in [-0.4, -0.2) is 202 Å². The summed E-state index contributed by atoms with van der Waals surface area (Å²) in [5.41, 5.74) is 20.7. The summed E-state index contributed by atoms with van der Waals surface area (Å²) in [4.78, 5) is 29.0. The lowest BCUT2D eigenvalue weighted by atomic mass is 9.83. The summed E-state index contributed by atoms with van der Waals surface area (Å²) in [6.45, 7) is 2.76. The molecule has 9 rings (SSSR count). The number of aliphatic hydroxyl groups is 7. The standard InChI is InChI=1S/C46H63FN10O14/c47-27-11-25-30(57(24-5-6-24)19-26(35(25)59)44(66)67)13-31(27)55-9-7-54(8-10-55)16-21-1-3-22(4-2-21)17-56-18-23(52-53-56)15-51-29-12-28(49)42(70-46-40(64)39(63)37(61)32(14-48)68-46)41(65)43(29)71-45-38(62)34(50)36(60)33(20-58)69-45/h1-4,11,13,18-19,24,28-29,32-34,36-43,45-46,51,58,60-65H,5-10,12,14-17,20,48-50H2,(H,66,67)/t28-,29+,32+,33+,34-,36+,37+,38+,39-,40+,41-,42+,43-,45+,46+/m0/s1. The van der Waals surface area contributed by atoms with E-state index in [1.807, 2.05) is 29.2 Å². The van der Waals surface area contributed by atoms with E-state index in [0.29, 0.717) is 56.2 Å². The van der Waals surface area contributed by atoms with Gasteiger partial charge in [0, 0.05) is 75.5 Å². The minimum Gasteiger partial charge on any atom is -0.477 e. The molecule has 2 aromatic carbocycles. The number of piperazine rings is 1. The van der Waals surface area contributed by atoms with Gasteiger partial charge in [-0.05, 0) is 42.5 Å². The van der Waals surface area contributed by atoms with Gasteiger partial charge < -0.3 is 91.8 Å². The number of anilines is 1. The van der Waals surface area contributed by atoms with Gasteiger partial charge in [0.1, 0.15) is 72.4 Å². The van der Waals surface area contributed by atoms with E-state index in [4.69, 9.17) is 36.1 Å². The highest BCUT2D eigenvalue weighted by atomic mass is 19.1. The Morgan fingerprint density at radius 3 is 2.15 bits per heavy atom. The molecule has 2 aromatic heterocycles. The highest BCUT2D eigenvalue weighted by Gasteiger charge is 2.52. The maximum atomic E-state index is 15.6. The van der Waals surface area contributed by atoms with Crippen molar-refractivity contribution in [3.63, 3.8) is 0 Å². The first-order chi connectivity index (χ1) is 34.0. The number of aromatic carboxylic acids is 1. The highest BCUT2D eigenvalue weighted by Crippen LogP contribution is 2.39. The molecule has 25 heteroatoms. The number of nitrogens with zero attached hydrogens (tertiary/aromatic N) is 6. The predicted octanol–water partition coefficient (Wildman–Crippen LogP) is -4.01. The van der Waals surface area contributed by atoms with Gasteiger partial charge in [0.25, 0.3) is 0 Å². The number of halogens is 1. The second-order valence-corrected chi connectivity index (χ2v) is 19.2. The topological polar surface area (TPSA) is 365 Å². The minimum absolute atomic E-state index is 0.0658. The van der Waals surface area contributed by atoms with Gasteiger partial charge in [0.2, 0.25) is 5.43 Å². The van der Waals surface area contributed by atoms with Crippen LogP contribution in [0.15, 0.2) is 53.6 Å². The number of nitrogens with one attached hydrogen (secondary N) is 1. The lowest BCUT2D eigenvalue weighted by Gasteiger charge is -2.49. The highest BCUT2D eigenvalue weighted by molar-refractivity contribution is 5.93. The van der Waals surface area contributed by atoms with Crippen LogP contribution >= 0.6 is 0 Å². The second kappa shape index (κ2) is 21.4. The fraction of sp³-hybridized carbons (Fsp3) is 0.609. The zero-order valence-electron chi connectivity index (χ0n) is 38.7. The molecular formula is C46H63FN10O14. The van der Waals surface area contributed by atoms with Crippen molar-refractivity contribution < 1.29 is 69.0 Å². The smallest absolute Gasteiger partial charge is 0.341 e. The number of benzene rings is 2. The minimum atomic E-state index is -1.74. The van der Waals surface area contributed by atoms with Crippen LogP contribution < -0.4 is 32.8 Å². The summed E-state index contributed by atoms with van der Waals surface area (Å²) in [5.74, 6) is -1.90. The van der Waals surface area contributed by atoms with Crippen molar-refractivity contribution in [2.45, 2.75) is 137 Å². The first kappa shape index (κ1) is 51.3. The molecule has 15 N–H and O–H groups in total. The molecule has 5 fully saturated rings. The number of rotatable bonds is 16. The molecule has 388 valence electrons. The summed E-state index contributed by atoms with van der Waals surface area (Å²) < 4.78 is 42.5. The van der Waals surface area contributed by atoms with Crippen molar-refractivity contribution in [1.29, 1.82) is 0 Å². The van der Waals surface area contributed by atoms with E-state index in [0.717, 1.165) is 24.0 Å². The number of carboxylic acids is 1. The van der Waals surface area contributed by atoms with Gasteiger partial charge in [-0.1, -0.05) is 29.5 Å². The summed E-state index contributed by atoms with van der Waals surface area (Å²) in [5, 5.41) is 96.0. The van der Waals surface area contributed by atoms with Gasteiger partial charge in [0.05, 0.1) is 42.3 Å². The predicted molar refractivity (Wildman–Crippen MR) is 247 cm³/mol. The number of nitrogens with two attached hydrogens (primary N) is 3. The number of hydrogen-bond acceptors (Lipinski definition) is 21. The number of ether oxygens (including phenoxy) is 4. The SMILES string of the molecule is NC[C@H]1O[C@H](O[C@H]2[C@H](O)[C@@H](O[C@H]3O[C@H](CO)[C@@H](O)[C@H](N)[C@H]3O)[C@H](NCc3cn(Cc4ccc(CN5CCN(c6cc7c(cc6F)c(=O)c(C(=O)O)cn7C6CC6)CC5)cc4)nn3)C[C@@H]2N)[C@H](O)[C@@H](O)[C@@H]1O. The van der Waals surface area contributed by atoms with Crippen molar-refractivity contribution in [1.82, 2.24) is 29.8 Å². The number of aromatic nitrogens is 4. The van der Waals surface area contributed by atoms with Gasteiger partial charge >= 0.3 is 5.97 Å². The molecule has 24 nitrogen and oxygen atoms in total. The molecule has 71 heavy (non-hydrogen) atoms. The molecule has 2 aliphatic carbocycles. The van der Waals surface area contributed by atoms with Crippen LogP contribution in [0.2, 0.25) is 0 Å². The molecule has 5 aliphatic rings. The molecule has 2 saturated carbocycles. The Kier molecular flexibility index (Phi) is 15.5. The summed E-state index contributed by atoms with van der Waals surface area (Å²) in [6, 6.07) is 8.03. The van der Waals surface area contributed by atoms with Gasteiger partial charge in [-0.3, -0.25) is 9.69 Å². The maximum Gasteiger partial charge on any atom is 0.341 e. The van der Waals surface area contributed by atoms with Gasteiger partial charge in [-0.2, -0.15) is 0 Å². The maximum absolute atomic E-state index is 15.6. The lowest BCUT2D eigenvalue weighted by molar-refractivity contribution is -0.332. The number of carbonyl (C=O) groups is 1. The van der Waals surface area contributed by atoms with E-state index in [-0.39, 0.29) is 36.5 Å². The summed E-state index contributed by atoms with van der Waals surface area (Å²) in [7, 11) is 0. The van der Waals surface area contributed by atoms with Crippen LogP contribution in [0.4, 0.5) is 10.1 Å². The van der Waals surface area contributed by atoms with E-state index < -0.39 is 116 Å².